The first-order chi connectivity index (χ1) is 29.9. The molecule has 326 valence electrons. The summed E-state index contributed by atoms with van der Waals surface area (Å²) in [5, 5.41) is 43.5. The molecule has 0 aliphatic rings. The van der Waals surface area contributed by atoms with Crippen LogP contribution >= 0.6 is 0 Å². The van der Waals surface area contributed by atoms with Crippen molar-refractivity contribution in [3.63, 3.8) is 0 Å². The van der Waals surface area contributed by atoms with Gasteiger partial charge in [-0.3, -0.25) is 34.1 Å². The van der Waals surface area contributed by atoms with Crippen LogP contribution in [0.25, 0.3) is 0 Å². The molecule has 6 amide bonds. The lowest BCUT2D eigenvalue weighted by Gasteiger charge is -2.20. The van der Waals surface area contributed by atoms with Crippen LogP contribution in [-0.2, 0) is 9.59 Å². The van der Waals surface area contributed by atoms with Gasteiger partial charge in [0.2, 0.25) is 11.8 Å². The molecule has 10 N–H and O–H groups in total. The molecule has 0 aliphatic heterocycles. The molecule has 0 spiro atoms. The fourth-order valence-electron chi connectivity index (χ4n) is 5.83. The Bertz CT molecular complexity index is 2540. The van der Waals surface area contributed by atoms with E-state index in [0.717, 1.165) is 0 Å². The number of carbonyl (C=O) groups excluding carboxylic acids is 6. The molecular formula is C45H44N6O12. The Morgan fingerprint density at radius 3 is 1.70 bits per heavy atom. The number of carbonyl (C=O) groups is 7. The summed E-state index contributed by atoms with van der Waals surface area (Å²) < 4.78 is 11.3. The zero-order valence-electron chi connectivity index (χ0n) is 34.3. The van der Waals surface area contributed by atoms with E-state index in [1.807, 2.05) is 0 Å². The standard InChI is InChI=1S/C45H44N6O12/c1-23(2)62-38-32(46)20-18-30(36(38)53)43(58)50-34(22-35(52)51-41(56)25-8-6-5-7-9-25)44(59)48-29-14-10-26(11-15-29)40(55)49-33-21-19-31(37(54)39(33)63-24(3)4)42(57)47-28-16-12-27(13-17-28)45(60)61/h5-21,23-24,34,53-54H,22,46H2,1-4H3,(H,47,57)(H,48,59)(H,49,55)(H,50,58)(H,60,61)(H,51,52,56). The zero-order valence-corrected chi connectivity index (χ0v) is 34.3. The maximum Gasteiger partial charge on any atom is 0.335 e. The average Bonchev–Trinajstić information content (AvgIpc) is 3.23. The van der Waals surface area contributed by atoms with Crippen molar-refractivity contribution in [2.24, 2.45) is 0 Å². The van der Waals surface area contributed by atoms with E-state index in [0.29, 0.717) is 0 Å². The van der Waals surface area contributed by atoms with Crippen LogP contribution in [0.5, 0.6) is 23.0 Å². The number of hydrogen-bond acceptors (Lipinski definition) is 12. The number of nitrogens with two attached hydrogens (primary N) is 1. The summed E-state index contributed by atoms with van der Waals surface area (Å²) in [7, 11) is 0. The minimum atomic E-state index is -1.61. The van der Waals surface area contributed by atoms with Crippen LogP contribution in [0.15, 0.2) is 103 Å². The second kappa shape index (κ2) is 20.2. The molecule has 0 heterocycles. The number of carboxylic acid groups (broad SMARTS) is 1. The Kier molecular flexibility index (Phi) is 14.7. The summed E-state index contributed by atoms with van der Waals surface area (Å²) in [6.45, 7) is 6.71. The Hall–Kier alpha value is -8.41. The number of nitrogens with one attached hydrogen (secondary N) is 5. The Balaban J connectivity index is 1.32. The molecule has 63 heavy (non-hydrogen) atoms. The second-order valence-electron chi connectivity index (χ2n) is 14.4. The summed E-state index contributed by atoms with van der Waals surface area (Å²) in [5.41, 5.74) is 6.16. The van der Waals surface area contributed by atoms with Crippen LogP contribution < -0.4 is 41.8 Å². The first-order valence-electron chi connectivity index (χ1n) is 19.3. The summed E-state index contributed by atoms with van der Waals surface area (Å²) in [6, 6.07) is 22.2. The lowest BCUT2D eigenvalue weighted by atomic mass is 10.1. The van der Waals surface area contributed by atoms with Crippen LogP contribution in [0, 0.1) is 0 Å². The lowest BCUT2D eigenvalue weighted by molar-refractivity contribution is -0.125. The number of amides is 6. The van der Waals surface area contributed by atoms with Gasteiger partial charge in [0.15, 0.2) is 23.0 Å². The van der Waals surface area contributed by atoms with E-state index in [2.05, 4.69) is 26.6 Å². The molecule has 18 heteroatoms. The third-order valence-corrected chi connectivity index (χ3v) is 8.84. The van der Waals surface area contributed by atoms with E-state index < -0.39 is 77.6 Å². The van der Waals surface area contributed by atoms with E-state index in [9.17, 15) is 43.8 Å². The number of anilines is 4. The SMILES string of the molecule is CC(C)Oc1c(N)ccc(C(=O)NC(CC(=O)NC(=O)c2ccccc2)C(=O)Nc2ccc(C(=O)Nc3ccc(C(=O)Nc4ccc(C(=O)O)cc4)c(O)c3OC(C)C)cc2)c1O. The van der Waals surface area contributed by atoms with Crippen molar-refractivity contribution in [1.82, 2.24) is 10.6 Å². The number of nitrogen functional groups attached to an aromatic ring is 1. The van der Waals surface area contributed by atoms with Crippen molar-refractivity contribution in [1.29, 1.82) is 0 Å². The van der Waals surface area contributed by atoms with Gasteiger partial charge in [0.1, 0.15) is 6.04 Å². The number of benzene rings is 5. The van der Waals surface area contributed by atoms with Gasteiger partial charge < -0.3 is 51.8 Å². The van der Waals surface area contributed by atoms with Crippen molar-refractivity contribution < 1.29 is 58.4 Å². The molecule has 0 aliphatic carbocycles. The lowest BCUT2D eigenvalue weighted by Crippen LogP contribution is -2.47. The first kappa shape index (κ1) is 45.7. The Morgan fingerprint density at radius 1 is 0.571 bits per heavy atom. The van der Waals surface area contributed by atoms with Crippen LogP contribution in [0.4, 0.5) is 22.7 Å². The molecule has 0 bridgehead atoms. The van der Waals surface area contributed by atoms with E-state index in [1.54, 1.807) is 45.9 Å². The maximum absolute atomic E-state index is 13.7. The number of rotatable bonds is 16. The highest BCUT2D eigenvalue weighted by atomic mass is 16.5. The van der Waals surface area contributed by atoms with E-state index >= 15 is 0 Å². The monoisotopic (exact) mass is 860 g/mol. The fourth-order valence-corrected chi connectivity index (χ4v) is 5.83. The molecule has 0 saturated heterocycles. The third kappa shape index (κ3) is 11.9. The molecule has 5 rings (SSSR count). The Labute approximate surface area is 360 Å². The number of carboxylic acids is 1. The van der Waals surface area contributed by atoms with Gasteiger partial charge in [-0.15, -0.1) is 0 Å². The molecule has 18 nitrogen and oxygen atoms in total. The van der Waals surface area contributed by atoms with Gasteiger partial charge >= 0.3 is 5.97 Å². The Morgan fingerprint density at radius 2 is 1.10 bits per heavy atom. The van der Waals surface area contributed by atoms with Gasteiger partial charge in [0.25, 0.3) is 23.6 Å². The highest BCUT2D eigenvalue weighted by Crippen LogP contribution is 2.39. The number of phenols is 2. The number of phenolic OH excluding ortho intramolecular Hbond substituents is 2. The third-order valence-electron chi connectivity index (χ3n) is 8.84. The first-order valence-corrected chi connectivity index (χ1v) is 19.3. The second-order valence-corrected chi connectivity index (χ2v) is 14.4. The highest BCUT2D eigenvalue weighted by Gasteiger charge is 2.29. The summed E-state index contributed by atoms with van der Waals surface area (Å²) in [6.07, 6.45) is -1.64. The van der Waals surface area contributed by atoms with Gasteiger partial charge in [0, 0.05) is 22.5 Å². The molecule has 1 unspecified atom stereocenters. The molecular weight excluding hydrogens is 817 g/mol. The van der Waals surface area contributed by atoms with Crippen LogP contribution in [0.2, 0.25) is 0 Å². The molecule has 5 aromatic rings. The molecule has 0 saturated carbocycles. The van der Waals surface area contributed by atoms with Crippen LogP contribution in [0.3, 0.4) is 0 Å². The van der Waals surface area contributed by atoms with Crippen molar-refractivity contribution in [2.45, 2.75) is 52.4 Å². The van der Waals surface area contributed by atoms with Crippen molar-refractivity contribution in [3.05, 3.63) is 131 Å². The van der Waals surface area contributed by atoms with Gasteiger partial charge in [-0.1, -0.05) is 18.2 Å². The number of imide groups is 1. The van der Waals surface area contributed by atoms with Crippen molar-refractivity contribution >= 4 is 64.2 Å². The summed E-state index contributed by atoms with van der Waals surface area (Å²) >= 11 is 0. The zero-order chi connectivity index (χ0) is 46.0. The van der Waals surface area contributed by atoms with E-state index in [1.165, 1.54) is 84.9 Å². The molecule has 0 radical (unpaired) electrons. The number of ether oxygens (including phenoxy) is 2. The average molecular weight is 861 g/mol. The largest absolute Gasteiger partial charge is 0.504 e. The van der Waals surface area contributed by atoms with Crippen molar-refractivity contribution in [2.75, 3.05) is 21.7 Å². The quantitative estimate of drug-likeness (QED) is 0.0552. The van der Waals surface area contributed by atoms with Gasteiger partial charge in [-0.25, -0.2) is 4.79 Å². The predicted molar refractivity (Wildman–Crippen MR) is 231 cm³/mol. The van der Waals surface area contributed by atoms with Crippen LogP contribution in [0.1, 0.15) is 85.9 Å². The number of hydrogen-bond donors (Lipinski definition) is 9. The van der Waals surface area contributed by atoms with E-state index in [-0.39, 0.29) is 62.1 Å². The minimum absolute atomic E-state index is 0.0124. The number of aromatic carboxylic acids is 1. The molecule has 5 aromatic carbocycles. The van der Waals surface area contributed by atoms with E-state index in [4.69, 9.17) is 20.3 Å². The van der Waals surface area contributed by atoms with Gasteiger partial charge in [-0.05, 0) is 113 Å². The highest BCUT2D eigenvalue weighted by molar-refractivity contribution is 6.10. The fraction of sp³-hybridized carbons (Fsp3) is 0.178. The molecule has 0 aromatic heterocycles. The van der Waals surface area contributed by atoms with Crippen LogP contribution in [-0.4, -0.2) is 75.0 Å². The summed E-state index contributed by atoms with van der Waals surface area (Å²) in [5.74, 6) is -7.60. The molecule has 0 fully saturated rings. The normalized spacial score (nSPS) is 11.2. The smallest absolute Gasteiger partial charge is 0.335 e. The predicted octanol–water partition coefficient (Wildman–Crippen LogP) is 5.54. The molecule has 1 atom stereocenters. The van der Waals surface area contributed by atoms with Gasteiger partial charge in [-0.2, -0.15) is 0 Å². The topological polar surface area (TPSA) is 285 Å². The van der Waals surface area contributed by atoms with Crippen molar-refractivity contribution in [3.8, 4) is 23.0 Å². The minimum Gasteiger partial charge on any atom is -0.504 e. The summed E-state index contributed by atoms with van der Waals surface area (Å²) in [4.78, 5) is 90.6. The van der Waals surface area contributed by atoms with Gasteiger partial charge in [0.05, 0.1) is 46.7 Å². The number of aromatic hydroxyl groups is 2. The maximum atomic E-state index is 13.7.